The Kier molecular flexibility index (Phi) is 3.86. The summed E-state index contributed by atoms with van der Waals surface area (Å²) >= 11 is 11.7. The zero-order valence-electron chi connectivity index (χ0n) is 8.62. The zero-order chi connectivity index (χ0) is 11.4. The van der Waals surface area contributed by atoms with Crippen molar-refractivity contribution in [3.63, 3.8) is 0 Å². The first-order valence-corrected chi connectivity index (χ1v) is 5.98. The van der Waals surface area contributed by atoms with E-state index in [0.29, 0.717) is 22.6 Å². The molecule has 1 aromatic carbocycles. The van der Waals surface area contributed by atoms with Gasteiger partial charge >= 0.3 is 0 Å². The number of benzene rings is 1. The molecule has 0 fully saturated rings. The van der Waals surface area contributed by atoms with Gasteiger partial charge in [-0.3, -0.25) is 0 Å². The van der Waals surface area contributed by atoms with Crippen molar-refractivity contribution in [2.45, 2.75) is 12.8 Å². The summed E-state index contributed by atoms with van der Waals surface area (Å²) in [6.45, 7) is 0. The lowest BCUT2D eigenvalue weighted by atomic mass is 10.2. The number of aromatic nitrogens is 1. The number of aryl methyl sites for hydroxylation is 1. The molecule has 1 heterocycles. The van der Waals surface area contributed by atoms with Gasteiger partial charge in [0.25, 0.3) is 0 Å². The quantitative estimate of drug-likeness (QED) is 0.767. The Morgan fingerprint density at radius 2 is 2.06 bits per heavy atom. The number of halogens is 2. The second kappa shape index (κ2) is 5.37. The largest absolute Gasteiger partial charge is 0.441 e. The molecule has 16 heavy (non-hydrogen) atoms. The Balaban J connectivity index is 2.22. The van der Waals surface area contributed by atoms with Gasteiger partial charge in [0.2, 0.25) is 0 Å². The van der Waals surface area contributed by atoms with E-state index in [0.717, 1.165) is 18.4 Å². The maximum atomic E-state index is 6.06. The minimum atomic E-state index is 0.615. The predicted molar refractivity (Wildman–Crippen MR) is 66.0 cm³/mol. The van der Waals surface area contributed by atoms with Crippen molar-refractivity contribution in [2.24, 2.45) is 0 Å². The third kappa shape index (κ3) is 2.57. The molecule has 0 spiro atoms. The van der Waals surface area contributed by atoms with Crippen molar-refractivity contribution < 1.29 is 4.42 Å². The average Bonchev–Trinajstić information content (AvgIpc) is 2.75. The highest BCUT2D eigenvalue weighted by atomic mass is 35.5. The number of rotatable bonds is 4. The van der Waals surface area contributed by atoms with Gasteiger partial charge in [0.15, 0.2) is 11.7 Å². The second-order valence-corrected chi connectivity index (χ2v) is 4.18. The first-order chi connectivity index (χ1) is 7.81. The monoisotopic (exact) mass is 255 g/mol. The number of alkyl halides is 1. The van der Waals surface area contributed by atoms with Gasteiger partial charge in [-0.1, -0.05) is 23.7 Å². The molecule has 0 bridgehead atoms. The Hall–Kier alpha value is -0.990. The van der Waals surface area contributed by atoms with Gasteiger partial charge in [0.05, 0.1) is 11.2 Å². The highest BCUT2D eigenvalue weighted by Crippen LogP contribution is 2.28. The Bertz CT molecular complexity index is 468. The maximum Gasteiger partial charge on any atom is 0.194 e. The fourth-order valence-corrected chi connectivity index (χ4v) is 1.79. The van der Waals surface area contributed by atoms with Gasteiger partial charge in [-0.15, -0.1) is 11.6 Å². The molecule has 84 valence electrons. The molecule has 0 aliphatic carbocycles. The molecule has 0 saturated carbocycles. The Labute approximate surface area is 104 Å². The van der Waals surface area contributed by atoms with Crippen molar-refractivity contribution in [3.8, 4) is 11.3 Å². The first kappa shape index (κ1) is 11.5. The Morgan fingerprint density at radius 3 is 2.81 bits per heavy atom. The van der Waals surface area contributed by atoms with Crippen LogP contribution in [-0.2, 0) is 6.42 Å². The summed E-state index contributed by atoms with van der Waals surface area (Å²) < 4.78 is 5.60. The van der Waals surface area contributed by atoms with Crippen molar-refractivity contribution in [3.05, 3.63) is 41.4 Å². The first-order valence-electron chi connectivity index (χ1n) is 5.07. The van der Waals surface area contributed by atoms with Gasteiger partial charge in [-0.05, 0) is 18.6 Å². The van der Waals surface area contributed by atoms with Crippen LogP contribution in [0.1, 0.15) is 12.3 Å². The molecule has 0 unspecified atom stereocenters. The smallest absolute Gasteiger partial charge is 0.194 e. The molecule has 2 aromatic rings. The number of oxazole rings is 1. The van der Waals surface area contributed by atoms with Crippen molar-refractivity contribution in [2.75, 3.05) is 5.88 Å². The van der Waals surface area contributed by atoms with Gasteiger partial charge in [-0.25, -0.2) is 4.98 Å². The second-order valence-electron chi connectivity index (χ2n) is 3.39. The van der Waals surface area contributed by atoms with Crippen LogP contribution in [0.5, 0.6) is 0 Å². The van der Waals surface area contributed by atoms with Crippen LogP contribution in [0.2, 0.25) is 5.02 Å². The summed E-state index contributed by atoms with van der Waals surface area (Å²) in [5, 5.41) is 0.669. The molecule has 0 N–H and O–H groups in total. The predicted octanol–water partition coefficient (Wildman–Crippen LogP) is 4.17. The van der Waals surface area contributed by atoms with E-state index < -0.39 is 0 Å². The molecule has 0 aliphatic heterocycles. The average molecular weight is 256 g/mol. The molecule has 2 rings (SSSR count). The molecular formula is C12H11Cl2NO. The standard InChI is InChI=1S/C12H11Cl2NO/c13-7-3-6-12-15-8-11(16-12)9-4-1-2-5-10(9)14/h1-2,4-5,8H,3,6-7H2. The molecular weight excluding hydrogens is 245 g/mol. The highest BCUT2D eigenvalue weighted by Gasteiger charge is 2.08. The lowest BCUT2D eigenvalue weighted by molar-refractivity contribution is 0.503. The van der Waals surface area contributed by atoms with Crippen LogP contribution in [-0.4, -0.2) is 10.9 Å². The molecule has 0 aliphatic rings. The van der Waals surface area contributed by atoms with E-state index in [9.17, 15) is 0 Å². The summed E-state index contributed by atoms with van der Waals surface area (Å²) in [5.74, 6) is 2.02. The normalized spacial score (nSPS) is 10.6. The molecule has 2 nitrogen and oxygen atoms in total. The summed E-state index contributed by atoms with van der Waals surface area (Å²) in [7, 11) is 0. The Morgan fingerprint density at radius 1 is 1.25 bits per heavy atom. The topological polar surface area (TPSA) is 26.0 Å². The zero-order valence-corrected chi connectivity index (χ0v) is 10.1. The lowest BCUT2D eigenvalue weighted by Crippen LogP contribution is -1.84. The van der Waals surface area contributed by atoms with Crippen molar-refractivity contribution in [1.82, 2.24) is 4.98 Å². The molecule has 0 saturated heterocycles. The van der Waals surface area contributed by atoms with E-state index in [1.54, 1.807) is 6.20 Å². The van der Waals surface area contributed by atoms with Gasteiger partial charge < -0.3 is 4.42 Å². The van der Waals surface area contributed by atoms with Crippen LogP contribution in [0.25, 0.3) is 11.3 Å². The lowest BCUT2D eigenvalue weighted by Gasteiger charge is -1.98. The van der Waals surface area contributed by atoms with Crippen LogP contribution >= 0.6 is 23.2 Å². The van der Waals surface area contributed by atoms with Crippen LogP contribution in [0.3, 0.4) is 0 Å². The van der Waals surface area contributed by atoms with Gasteiger partial charge in [0.1, 0.15) is 0 Å². The van der Waals surface area contributed by atoms with E-state index in [-0.39, 0.29) is 0 Å². The van der Waals surface area contributed by atoms with Crippen LogP contribution in [0, 0.1) is 0 Å². The number of hydrogen-bond acceptors (Lipinski definition) is 2. The summed E-state index contributed by atoms with van der Waals surface area (Å²) in [6.07, 6.45) is 3.32. The molecule has 0 radical (unpaired) electrons. The fourth-order valence-electron chi connectivity index (χ4n) is 1.43. The molecule has 0 atom stereocenters. The van der Waals surface area contributed by atoms with E-state index in [1.165, 1.54) is 0 Å². The van der Waals surface area contributed by atoms with Gasteiger partial charge in [-0.2, -0.15) is 0 Å². The minimum absolute atomic E-state index is 0.615. The van der Waals surface area contributed by atoms with E-state index in [1.807, 2.05) is 24.3 Å². The number of nitrogens with zero attached hydrogens (tertiary/aromatic N) is 1. The SMILES string of the molecule is ClCCCc1ncc(-c2ccccc2Cl)o1. The van der Waals surface area contributed by atoms with E-state index in [2.05, 4.69) is 4.98 Å². The summed E-state index contributed by atoms with van der Waals surface area (Å²) in [4.78, 5) is 4.19. The molecule has 4 heteroatoms. The molecule has 0 amide bonds. The third-order valence-electron chi connectivity index (χ3n) is 2.22. The fraction of sp³-hybridized carbons (Fsp3) is 0.250. The van der Waals surface area contributed by atoms with E-state index in [4.69, 9.17) is 27.6 Å². The highest BCUT2D eigenvalue weighted by molar-refractivity contribution is 6.33. The maximum absolute atomic E-state index is 6.06. The van der Waals surface area contributed by atoms with E-state index >= 15 is 0 Å². The third-order valence-corrected chi connectivity index (χ3v) is 2.81. The summed E-state index contributed by atoms with van der Waals surface area (Å²) in [5.41, 5.74) is 0.869. The minimum Gasteiger partial charge on any atom is -0.441 e. The molecule has 1 aromatic heterocycles. The van der Waals surface area contributed by atoms with Crippen LogP contribution in [0.15, 0.2) is 34.9 Å². The summed E-state index contributed by atoms with van der Waals surface area (Å²) in [6, 6.07) is 7.55. The van der Waals surface area contributed by atoms with Crippen molar-refractivity contribution >= 4 is 23.2 Å². The van der Waals surface area contributed by atoms with Crippen LogP contribution in [0.4, 0.5) is 0 Å². The van der Waals surface area contributed by atoms with Crippen molar-refractivity contribution in [1.29, 1.82) is 0 Å². The van der Waals surface area contributed by atoms with Crippen LogP contribution < -0.4 is 0 Å². The van der Waals surface area contributed by atoms with Gasteiger partial charge in [0, 0.05) is 17.9 Å². The number of hydrogen-bond donors (Lipinski definition) is 0.